The van der Waals surface area contributed by atoms with Crippen LogP contribution in [0.3, 0.4) is 0 Å². The summed E-state index contributed by atoms with van der Waals surface area (Å²) in [5, 5.41) is 14.7. The number of hydrogen-bond donors (Lipinski definition) is 3. The van der Waals surface area contributed by atoms with Crippen LogP contribution < -0.4 is 11.1 Å². The van der Waals surface area contributed by atoms with Gasteiger partial charge in [-0.05, 0) is 74.5 Å². The van der Waals surface area contributed by atoms with Crippen LogP contribution in [0.15, 0.2) is 187 Å². The number of rotatable bonds is 8. The van der Waals surface area contributed by atoms with Gasteiger partial charge in [-0.2, -0.15) is 0 Å². The highest BCUT2D eigenvalue weighted by Gasteiger charge is 2.22. The summed E-state index contributed by atoms with van der Waals surface area (Å²) < 4.78 is 5.82. The lowest BCUT2D eigenvalue weighted by atomic mass is 9.87. The van der Waals surface area contributed by atoms with Gasteiger partial charge in [-0.3, -0.25) is 16.1 Å². The summed E-state index contributed by atoms with van der Waals surface area (Å²) in [6.45, 7) is 0. The maximum atomic E-state index is 8.64. The molecule has 0 saturated heterocycles. The Morgan fingerprint density at radius 1 is 0.588 bits per heavy atom. The molecule has 0 fully saturated rings. The molecule has 2 atom stereocenters. The van der Waals surface area contributed by atoms with Gasteiger partial charge in [0.25, 0.3) is 0 Å². The largest absolute Gasteiger partial charge is 0.454 e. The molecule has 0 aliphatic carbocycles. The van der Waals surface area contributed by atoms with E-state index >= 15 is 0 Å². The summed E-state index contributed by atoms with van der Waals surface area (Å²) in [7, 11) is 0. The fourth-order valence-electron chi connectivity index (χ4n) is 6.61. The Balaban J connectivity index is 1.20. The lowest BCUT2D eigenvalue weighted by molar-refractivity contribution is 0.199. The number of benzene rings is 7. The van der Waals surface area contributed by atoms with Crippen LogP contribution in [0, 0.1) is 5.41 Å². The van der Waals surface area contributed by atoms with Crippen molar-refractivity contribution in [2.45, 2.75) is 12.4 Å². The zero-order chi connectivity index (χ0) is 34.6. The number of fused-ring (bicyclic) bond motifs is 1. The summed E-state index contributed by atoms with van der Waals surface area (Å²) in [4.78, 5) is 5.16. The van der Waals surface area contributed by atoms with E-state index in [2.05, 4.69) is 133 Å². The fraction of sp³-hybridized carbons (Fsp3) is 0.0435. The standard InChI is InChI=1S/C46H36N4O/c47-44(33-16-6-2-7-17-33)51-45(48)34-26-24-31(25-27-34)40-28-36-20-10-11-21-37(36)29-41(40)38-22-12-13-23-39(38)43-30-42(32-14-4-1-5-15-32)49-46(50-43)35-18-8-3-9-19-35/h1-30,44,46,48,50H,47H2. The van der Waals surface area contributed by atoms with E-state index < -0.39 is 6.23 Å². The summed E-state index contributed by atoms with van der Waals surface area (Å²) in [5.74, 6) is 0.0288. The average Bonchev–Trinajstić information content (AvgIpc) is 3.21. The van der Waals surface area contributed by atoms with E-state index in [1.54, 1.807) is 0 Å². The predicted molar refractivity (Wildman–Crippen MR) is 209 cm³/mol. The van der Waals surface area contributed by atoms with Crippen molar-refractivity contribution in [3.05, 3.63) is 210 Å². The molecule has 7 aromatic rings. The molecule has 246 valence electrons. The van der Waals surface area contributed by atoms with Gasteiger partial charge in [0.15, 0.2) is 6.23 Å². The Labute approximate surface area is 297 Å². The number of aliphatic imine (C=N–C) groups is 1. The van der Waals surface area contributed by atoms with Crippen molar-refractivity contribution < 1.29 is 4.74 Å². The van der Waals surface area contributed by atoms with Crippen LogP contribution >= 0.6 is 0 Å². The smallest absolute Gasteiger partial charge is 0.215 e. The van der Waals surface area contributed by atoms with Crippen molar-refractivity contribution in [2.24, 2.45) is 10.7 Å². The molecule has 5 nitrogen and oxygen atoms in total. The van der Waals surface area contributed by atoms with Crippen LogP contribution in [-0.2, 0) is 4.74 Å². The average molecular weight is 661 g/mol. The van der Waals surface area contributed by atoms with Gasteiger partial charge in [-0.25, -0.2) is 0 Å². The molecule has 0 bridgehead atoms. The predicted octanol–water partition coefficient (Wildman–Crippen LogP) is 10.3. The topological polar surface area (TPSA) is 83.5 Å². The van der Waals surface area contributed by atoms with Crippen molar-refractivity contribution in [3.63, 3.8) is 0 Å². The molecule has 1 aliphatic rings. The van der Waals surface area contributed by atoms with E-state index in [1.165, 1.54) is 0 Å². The number of ether oxygens (including phenoxy) is 1. The number of nitrogens with zero attached hydrogens (tertiary/aromatic N) is 1. The van der Waals surface area contributed by atoms with Gasteiger partial charge in [-0.15, -0.1) is 0 Å². The second kappa shape index (κ2) is 14.1. The maximum Gasteiger partial charge on any atom is 0.215 e. The van der Waals surface area contributed by atoms with Crippen LogP contribution in [-0.4, -0.2) is 11.6 Å². The van der Waals surface area contributed by atoms with Crippen molar-refractivity contribution in [1.82, 2.24) is 5.32 Å². The molecule has 0 radical (unpaired) electrons. The molecule has 7 aromatic carbocycles. The van der Waals surface area contributed by atoms with Crippen LogP contribution in [0.2, 0.25) is 0 Å². The zero-order valence-corrected chi connectivity index (χ0v) is 27.9. The normalized spacial score (nSPS) is 14.6. The minimum Gasteiger partial charge on any atom is -0.454 e. The third kappa shape index (κ3) is 6.71. The molecule has 8 rings (SSSR count). The van der Waals surface area contributed by atoms with E-state index in [9.17, 15) is 0 Å². The van der Waals surface area contributed by atoms with Crippen molar-refractivity contribution in [2.75, 3.05) is 0 Å². The molecule has 0 spiro atoms. The van der Waals surface area contributed by atoms with E-state index in [-0.39, 0.29) is 12.1 Å². The van der Waals surface area contributed by atoms with E-state index in [4.69, 9.17) is 20.9 Å². The number of allylic oxidation sites excluding steroid dienone is 1. The second-order valence-electron chi connectivity index (χ2n) is 12.5. The lowest BCUT2D eigenvalue weighted by Gasteiger charge is -2.26. The molecule has 4 N–H and O–H groups in total. The van der Waals surface area contributed by atoms with Gasteiger partial charge in [0.2, 0.25) is 5.90 Å². The van der Waals surface area contributed by atoms with Crippen molar-refractivity contribution in [3.8, 4) is 22.3 Å². The zero-order valence-electron chi connectivity index (χ0n) is 27.9. The number of nitrogens with two attached hydrogens (primary N) is 1. The summed E-state index contributed by atoms with van der Waals surface area (Å²) in [5.41, 5.74) is 17.3. The first kappa shape index (κ1) is 31.7. The summed E-state index contributed by atoms with van der Waals surface area (Å²) in [6, 6.07) is 59.8. The Morgan fingerprint density at radius 3 is 1.84 bits per heavy atom. The first-order valence-electron chi connectivity index (χ1n) is 17.1. The minimum absolute atomic E-state index is 0.0288. The third-order valence-electron chi connectivity index (χ3n) is 9.25. The fourth-order valence-corrected chi connectivity index (χ4v) is 6.61. The van der Waals surface area contributed by atoms with Gasteiger partial charge in [0.05, 0.1) is 5.71 Å². The maximum absolute atomic E-state index is 8.64. The second-order valence-corrected chi connectivity index (χ2v) is 12.5. The van der Waals surface area contributed by atoms with Crippen LogP contribution in [0.5, 0.6) is 0 Å². The quantitative estimate of drug-likeness (QED) is 0.0862. The molecule has 5 heteroatoms. The molecular formula is C46H36N4O. The highest BCUT2D eigenvalue weighted by molar-refractivity contribution is 6.13. The molecule has 0 aromatic heterocycles. The molecule has 1 aliphatic heterocycles. The van der Waals surface area contributed by atoms with Gasteiger partial charge in [-0.1, -0.05) is 152 Å². The van der Waals surface area contributed by atoms with E-state index in [1.807, 2.05) is 54.6 Å². The van der Waals surface area contributed by atoms with Gasteiger partial charge < -0.3 is 10.1 Å². The molecule has 0 saturated carbocycles. The molecule has 0 amide bonds. The van der Waals surface area contributed by atoms with Crippen LogP contribution in [0.1, 0.15) is 40.2 Å². The third-order valence-corrected chi connectivity index (χ3v) is 9.25. The Kier molecular flexibility index (Phi) is 8.77. The molecule has 1 heterocycles. The molecule has 2 unspecified atom stereocenters. The monoisotopic (exact) mass is 660 g/mol. The van der Waals surface area contributed by atoms with E-state index in [0.29, 0.717) is 5.56 Å². The van der Waals surface area contributed by atoms with Gasteiger partial charge >= 0.3 is 0 Å². The van der Waals surface area contributed by atoms with Gasteiger partial charge in [0, 0.05) is 22.4 Å². The van der Waals surface area contributed by atoms with Crippen LogP contribution in [0.4, 0.5) is 0 Å². The molecule has 51 heavy (non-hydrogen) atoms. The SMILES string of the molecule is N=C(OC(N)c1ccccc1)c1ccc(-c2cc3ccccc3cc2-c2ccccc2C2=CC(c3ccccc3)=NC(c3ccccc3)N2)cc1. The number of nitrogens with one attached hydrogen (secondary N) is 2. The molecular weight excluding hydrogens is 625 g/mol. The Morgan fingerprint density at radius 2 is 1.16 bits per heavy atom. The lowest BCUT2D eigenvalue weighted by Crippen LogP contribution is -2.25. The Bertz CT molecular complexity index is 2380. The minimum atomic E-state index is -0.724. The van der Waals surface area contributed by atoms with Crippen LogP contribution in [0.25, 0.3) is 38.7 Å². The van der Waals surface area contributed by atoms with E-state index in [0.717, 1.165) is 66.7 Å². The van der Waals surface area contributed by atoms with Gasteiger partial charge in [0.1, 0.15) is 6.17 Å². The van der Waals surface area contributed by atoms with Crippen molar-refractivity contribution >= 4 is 28.1 Å². The highest BCUT2D eigenvalue weighted by atomic mass is 16.5. The highest BCUT2D eigenvalue weighted by Crippen LogP contribution is 2.40. The first-order chi connectivity index (χ1) is 25.1. The Hall–Kier alpha value is -6.56. The number of hydrogen-bond acceptors (Lipinski definition) is 5. The van der Waals surface area contributed by atoms with Crippen molar-refractivity contribution in [1.29, 1.82) is 5.41 Å². The summed E-state index contributed by atoms with van der Waals surface area (Å²) >= 11 is 0. The first-order valence-corrected chi connectivity index (χ1v) is 17.1. The summed E-state index contributed by atoms with van der Waals surface area (Å²) in [6.07, 6.45) is 1.19.